The highest BCUT2D eigenvalue weighted by Gasteiger charge is 2.35. The number of rotatable bonds is 4. The fourth-order valence-electron chi connectivity index (χ4n) is 3.05. The van der Waals surface area contributed by atoms with Gasteiger partial charge < -0.3 is 0 Å². The Morgan fingerprint density at radius 1 is 1.27 bits per heavy atom. The van der Waals surface area contributed by atoms with E-state index in [1.54, 1.807) is 5.57 Å². The fourth-order valence-corrected chi connectivity index (χ4v) is 3.05. The van der Waals surface area contributed by atoms with Crippen LogP contribution < -0.4 is 0 Å². The minimum Gasteiger partial charge on any atom is -0.0913 e. The van der Waals surface area contributed by atoms with Crippen molar-refractivity contribution in [1.82, 2.24) is 0 Å². The van der Waals surface area contributed by atoms with Crippen LogP contribution in [0.5, 0.6) is 0 Å². The molecule has 15 heavy (non-hydrogen) atoms. The molecule has 0 nitrogen and oxygen atoms in total. The second-order valence-corrected chi connectivity index (χ2v) is 4.96. The molecule has 0 aromatic heterocycles. The van der Waals surface area contributed by atoms with Crippen LogP contribution in [0.1, 0.15) is 39.5 Å². The molecule has 0 aromatic rings. The average molecular weight is 202 g/mol. The van der Waals surface area contributed by atoms with E-state index >= 15 is 0 Å². The molecule has 2 aliphatic carbocycles. The van der Waals surface area contributed by atoms with Crippen LogP contribution in [0.3, 0.4) is 0 Å². The Balaban J connectivity index is 1.88. The number of hydrogen-bond donors (Lipinski definition) is 0. The first-order valence-corrected chi connectivity index (χ1v) is 6.27. The minimum atomic E-state index is 0.899. The molecule has 0 radical (unpaired) electrons. The summed E-state index contributed by atoms with van der Waals surface area (Å²) in [5, 5.41) is 0. The molecule has 0 aromatic carbocycles. The Morgan fingerprint density at radius 3 is 2.67 bits per heavy atom. The highest BCUT2D eigenvalue weighted by atomic mass is 14.4. The Bertz CT molecular complexity index is 293. The summed E-state index contributed by atoms with van der Waals surface area (Å²) < 4.78 is 0. The van der Waals surface area contributed by atoms with Crippen molar-refractivity contribution < 1.29 is 0 Å². The van der Waals surface area contributed by atoms with Gasteiger partial charge in [-0.2, -0.15) is 0 Å². The Kier molecular flexibility index (Phi) is 3.45. The van der Waals surface area contributed by atoms with E-state index in [0.29, 0.717) is 0 Å². The van der Waals surface area contributed by atoms with Gasteiger partial charge in [0.05, 0.1) is 0 Å². The van der Waals surface area contributed by atoms with Crippen LogP contribution in [0.25, 0.3) is 0 Å². The van der Waals surface area contributed by atoms with Crippen LogP contribution in [0.4, 0.5) is 0 Å². The van der Waals surface area contributed by atoms with Crippen LogP contribution >= 0.6 is 0 Å². The van der Waals surface area contributed by atoms with Crippen LogP contribution in [-0.2, 0) is 0 Å². The molecule has 0 heteroatoms. The van der Waals surface area contributed by atoms with Gasteiger partial charge in [0.15, 0.2) is 0 Å². The van der Waals surface area contributed by atoms with Crippen LogP contribution in [-0.4, -0.2) is 0 Å². The Labute approximate surface area is 93.8 Å². The lowest BCUT2D eigenvalue weighted by molar-refractivity contribution is 0.441. The first-order valence-electron chi connectivity index (χ1n) is 6.27. The van der Waals surface area contributed by atoms with Gasteiger partial charge in [-0.25, -0.2) is 0 Å². The molecule has 82 valence electrons. The summed E-state index contributed by atoms with van der Waals surface area (Å²) in [5.41, 5.74) is 1.62. The van der Waals surface area contributed by atoms with Crippen molar-refractivity contribution in [3.63, 3.8) is 0 Å². The van der Waals surface area contributed by atoms with Gasteiger partial charge in [0.25, 0.3) is 0 Å². The lowest BCUT2D eigenvalue weighted by atomic mass is 9.86. The van der Waals surface area contributed by atoms with Crippen molar-refractivity contribution in [2.24, 2.45) is 17.8 Å². The lowest BCUT2D eigenvalue weighted by Crippen LogP contribution is -2.07. The van der Waals surface area contributed by atoms with E-state index in [2.05, 4.69) is 44.2 Å². The van der Waals surface area contributed by atoms with Crippen LogP contribution in [0, 0.1) is 17.8 Å². The van der Waals surface area contributed by atoms with Crippen molar-refractivity contribution in [2.45, 2.75) is 39.5 Å². The highest BCUT2D eigenvalue weighted by Crippen LogP contribution is 2.46. The second kappa shape index (κ2) is 4.83. The van der Waals surface area contributed by atoms with Gasteiger partial charge in [-0.3, -0.25) is 0 Å². The van der Waals surface area contributed by atoms with Gasteiger partial charge in [-0.15, -0.1) is 0 Å². The number of hydrogen-bond acceptors (Lipinski definition) is 0. The van der Waals surface area contributed by atoms with Gasteiger partial charge in [0.2, 0.25) is 0 Å². The molecule has 3 atom stereocenters. The lowest BCUT2D eigenvalue weighted by Gasteiger charge is -2.19. The smallest absolute Gasteiger partial charge is 0.0139 e. The summed E-state index contributed by atoms with van der Waals surface area (Å²) in [6, 6.07) is 0. The van der Waals surface area contributed by atoms with Crippen molar-refractivity contribution >= 4 is 0 Å². The van der Waals surface area contributed by atoms with Crippen molar-refractivity contribution in [3.8, 4) is 0 Å². The first-order chi connectivity index (χ1) is 7.33. The summed E-state index contributed by atoms with van der Waals surface area (Å²) in [5.74, 6) is 2.76. The van der Waals surface area contributed by atoms with E-state index in [9.17, 15) is 0 Å². The van der Waals surface area contributed by atoms with Gasteiger partial charge in [-0.1, -0.05) is 36.0 Å². The zero-order valence-electron chi connectivity index (χ0n) is 9.95. The molecule has 0 amide bonds. The Hall–Kier alpha value is -0.780. The topological polar surface area (TPSA) is 0 Å². The Morgan fingerprint density at radius 2 is 2.13 bits per heavy atom. The highest BCUT2D eigenvalue weighted by molar-refractivity contribution is 5.15. The molecule has 2 aliphatic rings. The second-order valence-electron chi connectivity index (χ2n) is 4.96. The zero-order valence-corrected chi connectivity index (χ0v) is 9.95. The third-order valence-electron chi connectivity index (χ3n) is 3.96. The molecule has 2 bridgehead atoms. The molecule has 1 saturated carbocycles. The van der Waals surface area contributed by atoms with Crippen LogP contribution in [0.2, 0.25) is 0 Å². The largest absolute Gasteiger partial charge is 0.0913 e. The third-order valence-corrected chi connectivity index (χ3v) is 3.96. The normalized spacial score (nSPS) is 34.5. The van der Waals surface area contributed by atoms with Crippen molar-refractivity contribution in [1.29, 1.82) is 0 Å². The van der Waals surface area contributed by atoms with E-state index in [1.165, 1.54) is 19.3 Å². The van der Waals surface area contributed by atoms with Crippen molar-refractivity contribution in [3.05, 3.63) is 36.0 Å². The van der Waals surface area contributed by atoms with E-state index in [4.69, 9.17) is 0 Å². The summed E-state index contributed by atoms with van der Waals surface area (Å²) in [7, 11) is 0. The monoisotopic (exact) mass is 202 g/mol. The maximum Gasteiger partial charge on any atom is -0.0139 e. The molecule has 0 saturated heterocycles. The van der Waals surface area contributed by atoms with E-state index in [0.717, 1.165) is 24.2 Å². The predicted molar refractivity (Wildman–Crippen MR) is 66.6 cm³/mol. The zero-order chi connectivity index (χ0) is 10.7. The number of fused-ring (bicyclic) bond motifs is 2. The van der Waals surface area contributed by atoms with Crippen LogP contribution in [0.15, 0.2) is 36.0 Å². The van der Waals surface area contributed by atoms with E-state index in [-0.39, 0.29) is 0 Å². The summed E-state index contributed by atoms with van der Waals surface area (Å²) in [4.78, 5) is 0. The van der Waals surface area contributed by atoms with Gasteiger partial charge >= 0.3 is 0 Å². The standard InChI is InChI=1S/C15H22/c1-3-5-6-12(4-2)9-15-11-13-7-8-14(15)10-13/h3-5,7-8,13-15H,6,9-11H2,1-2H3. The van der Waals surface area contributed by atoms with E-state index < -0.39 is 0 Å². The van der Waals surface area contributed by atoms with Gasteiger partial charge in [0.1, 0.15) is 0 Å². The quantitative estimate of drug-likeness (QED) is 0.589. The molecule has 0 aliphatic heterocycles. The predicted octanol–water partition coefficient (Wildman–Crippen LogP) is 4.50. The van der Waals surface area contributed by atoms with Gasteiger partial charge in [-0.05, 0) is 57.3 Å². The molecule has 0 heterocycles. The summed E-state index contributed by atoms with van der Waals surface area (Å²) in [6.45, 7) is 4.29. The van der Waals surface area contributed by atoms with Gasteiger partial charge in [0, 0.05) is 0 Å². The molecular weight excluding hydrogens is 180 g/mol. The van der Waals surface area contributed by atoms with Crippen molar-refractivity contribution in [2.75, 3.05) is 0 Å². The maximum absolute atomic E-state index is 2.46. The molecule has 3 unspecified atom stereocenters. The first kappa shape index (κ1) is 10.7. The summed E-state index contributed by atoms with van der Waals surface area (Å²) >= 11 is 0. The number of allylic oxidation sites excluding steroid dienone is 6. The fraction of sp³-hybridized carbons (Fsp3) is 0.600. The molecular formula is C15H22. The summed E-state index contributed by atoms with van der Waals surface area (Å²) in [6.07, 6.45) is 17.0. The van der Waals surface area contributed by atoms with E-state index in [1.807, 2.05) is 0 Å². The minimum absolute atomic E-state index is 0.899. The molecule has 0 spiro atoms. The maximum atomic E-state index is 2.46. The molecule has 2 rings (SSSR count). The average Bonchev–Trinajstić information content (AvgIpc) is 2.85. The third kappa shape index (κ3) is 2.42. The molecule has 1 fully saturated rings. The SMILES string of the molecule is CC=CCC(=CC)CC1CC2C=CC1C2. The molecule has 0 N–H and O–H groups in total.